The van der Waals surface area contributed by atoms with E-state index in [0.29, 0.717) is 23.6 Å². The van der Waals surface area contributed by atoms with E-state index in [9.17, 15) is 14.4 Å². The van der Waals surface area contributed by atoms with Crippen molar-refractivity contribution in [1.82, 2.24) is 4.90 Å². The number of ether oxygens (including phenoxy) is 1. The lowest BCUT2D eigenvalue weighted by molar-refractivity contribution is -0.127. The van der Waals surface area contributed by atoms with E-state index in [2.05, 4.69) is 5.32 Å². The number of benzene rings is 4. The van der Waals surface area contributed by atoms with E-state index >= 15 is 0 Å². The molecule has 7 heteroatoms. The molecule has 0 aromatic heterocycles. The van der Waals surface area contributed by atoms with Crippen molar-refractivity contribution in [2.24, 2.45) is 0 Å². The molecule has 1 fully saturated rings. The fraction of sp³-hybridized carbons (Fsp3) is 0.100. The van der Waals surface area contributed by atoms with Gasteiger partial charge in [-0.05, 0) is 59.3 Å². The van der Waals surface area contributed by atoms with Gasteiger partial charge in [-0.2, -0.15) is 0 Å². The second-order valence-corrected chi connectivity index (χ2v) is 9.65. The SMILES string of the molecule is Cc1ccc(NC(=O)CN2C(=O)S/C(=C/c3c(OCc4ccccc4)ccc4ccccc34)C2=O)cc1. The normalized spacial score (nSPS) is 14.4. The van der Waals surface area contributed by atoms with Gasteiger partial charge in [0, 0.05) is 11.3 Å². The number of aryl methyl sites for hydroxylation is 1. The first-order valence-corrected chi connectivity index (χ1v) is 12.6. The number of imide groups is 1. The Balaban J connectivity index is 1.39. The van der Waals surface area contributed by atoms with Gasteiger partial charge in [-0.25, -0.2) is 0 Å². The predicted octanol–water partition coefficient (Wildman–Crippen LogP) is 6.40. The van der Waals surface area contributed by atoms with Crippen LogP contribution in [0.4, 0.5) is 10.5 Å². The zero-order valence-electron chi connectivity index (χ0n) is 20.1. The fourth-order valence-electron chi connectivity index (χ4n) is 4.03. The predicted molar refractivity (Wildman–Crippen MR) is 147 cm³/mol. The van der Waals surface area contributed by atoms with Crippen LogP contribution >= 0.6 is 11.8 Å². The number of hydrogen-bond acceptors (Lipinski definition) is 5. The third-order valence-corrected chi connectivity index (χ3v) is 6.86. The monoisotopic (exact) mass is 508 g/mol. The summed E-state index contributed by atoms with van der Waals surface area (Å²) in [5.74, 6) is -0.341. The molecule has 1 aliphatic rings. The van der Waals surface area contributed by atoms with Crippen LogP contribution in [0.1, 0.15) is 16.7 Å². The number of thioether (sulfide) groups is 1. The van der Waals surface area contributed by atoms with Crippen molar-refractivity contribution < 1.29 is 19.1 Å². The quantitative estimate of drug-likeness (QED) is 0.292. The van der Waals surface area contributed by atoms with E-state index in [1.54, 1.807) is 18.2 Å². The minimum absolute atomic E-state index is 0.244. The lowest BCUT2D eigenvalue weighted by Crippen LogP contribution is -2.36. The van der Waals surface area contributed by atoms with Gasteiger partial charge in [-0.1, -0.05) is 78.4 Å². The molecule has 0 saturated carbocycles. The first-order valence-electron chi connectivity index (χ1n) is 11.8. The van der Waals surface area contributed by atoms with E-state index in [-0.39, 0.29) is 11.4 Å². The molecule has 6 nitrogen and oxygen atoms in total. The van der Waals surface area contributed by atoms with E-state index in [1.807, 2.05) is 85.8 Å². The zero-order chi connectivity index (χ0) is 25.8. The summed E-state index contributed by atoms with van der Waals surface area (Å²) in [6.07, 6.45) is 1.69. The molecule has 184 valence electrons. The number of rotatable bonds is 7. The summed E-state index contributed by atoms with van der Waals surface area (Å²) in [6, 6.07) is 28.7. The molecule has 4 aromatic carbocycles. The van der Waals surface area contributed by atoms with Gasteiger partial charge in [0.15, 0.2) is 0 Å². The topological polar surface area (TPSA) is 75.7 Å². The Hall–Kier alpha value is -4.36. The number of carbonyl (C=O) groups is 3. The first-order chi connectivity index (χ1) is 18.0. The number of nitrogens with one attached hydrogen (secondary N) is 1. The van der Waals surface area contributed by atoms with Crippen LogP contribution in [-0.2, 0) is 16.2 Å². The highest BCUT2D eigenvalue weighted by atomic mass is 32.2. The molecular weight excluding hydrogens is 484 g/mol. The molecule has 1 aliphatic heterocycles. The van der Waals surface area contributed by atoms with Crippen LogP contribution in [0.25, 0.3) is 16.8 Å². The van der Waals surface area contributed by atoms with Gasteiger partial charge in [-0.3, -0.25) is 19.3 Å². The third-order valence-electron chi connectivity index (χ3n) is 5.95. The smallest absolute Gasteiger partial charge is 0.294 e. The summed E-state index contributed by atoms with van der Waals surface area (Å²) >= 11 is 0.822. The summed E-state index contributed by atoms with van der Waals surface area (Å²) in [5.41, 5.74) is 3.40. The maximum absolute atomic E-state index is 13.2. The van der Waals surface area contributed by atoms with Gasteiger partial charge in [-0.15, -0.1) is 0 Å². The molecule has 1 heterocycles. The summed E-state index contributed by atoms with van der Waals surface area (Å²) in [5, 5.41) is 4.13. The summed E-state index contributed by atoms with van der Waals surface area (Å²) < 4.78 is 6.14. The molecule has 0 radical (unpaired) electrons. The van der Waals surface area contributed by atoms with Crippen molar-refractivity contribution >= 4 is 51.4 Å². The van der Waals surface area contributed by atoms with Crippen LogP contribution in [0, 0.1) is 6.92 Å². The number of amides is 3. The van der Waals surface area contributed by atoms with Crippen molar-refractivity contribution in [3.63, 3.8) is 0 Å². The van der Waals surface area contributed by atoms with Gasteiger partial charge in [0.25, 0.3) is 11.1 Å². The molecule has 0 atom stereocenters. The number of carbonyl (C=O) groups excluding carboxylic acids is 3. The van der Waals surface area contributed by atoms with Gasteiger partial charge in [0.2, 0.25) is 5.91 Å². The Morgan fingerprint density at radius 3 is 2.43 bits per heavy atom. The van der Waals surface area contributed by atoms with Gasteiger partial charge >= 0.3 is 0 Å². The Labute approximate surface area is 218 Å². The lowest BCUT2D eigenvalue weighted by atomic mass is 10.0. The second-order valence-electron chi connectivity index (χ2n) is 8.65. The van der Waals surface area contributed by atoms with E-state index in [1.165, 1.54) is 0 Å². The number of nitrogens with zero attached hydrogens (tertiary/aromatic N) is 1. The maximum atomic E-state index is 13.2. The van der Waals surface area contributed by atoms with Crippen LogP contribution in [0.2, 0.25) is 0 Å². The standard InChI is InChI=1S/C30H24N2O4S/c1-20-11-14-23(15-12-20)31-28(33)18-32-29(34)27(37-30(32)35)17-25-24-10-6-5-9-22(24)13-16-26(25)36-19-21-7-3-2-4-8-21/h2-17H,18-19H2,1H3,(H,31,33)/b27-17+. The van der Waals surface area contributed by atoms with Gasteiger partial charge in [0.1, 0.15) is 18.9 Å². The van der Waals surface area contributed by atoms with Crippen molar-refractivity contribution in [2.45, 2.75) is 13.5 Å². The summed E-state index contributed by atoms with van der Waals surface area (Å²) in [4.78, 5) is 39.6. The molecule has 0 spiro atoms. The highest BCUT2D eigenvalue weighted by Crippen LogP contribution is 2.37. The average Bonchev–Trinajstić information content (AvgIpc) is 3.17. The highest BCUT2D eigenvalue weighted by Gasteiger charge is 2.36. The first kappa shape index (κ1) is 24.3. The minimum atomic E-state index is -0.504. The molecule has 0 unspecified atom stereocenters. The Bertz CT molecular complexity index is 1510. The van der Waals surface area contributed by atoms with Crippen molar-refractivity contribution in [3.05, 3.63) is 113 Å². The largest absolute Gasteiger partial charge is 0.488 e. The number of hydrogen-bond donors (Lipinski definition) is 1. The van der Waals surface area contributed by atoms with Crippen LogP contribution in [0.15, 0.2) is 95.9 Å². The molecule has 37 heavy (non-hydrogen) atoms. The summed E-state index contributed by atoms with van der Waals surface area (Å²) in [7, 11) is 0. The molecular formula is C30H24N2O4S. The molecule has 1 saturated heterocycles. The number of anilines is 1. The Morgan fingerprint density at radius 1 is 0.919 bits per heavy atom. The molecule has 3 amide bonds. The van der Waals surface area contributed by atoms with Crippen LogP contribution in [-0.4, -0.2) is 28.5 Å². The third kappa shape index (κ3) is 5.57. The van der Waals surface area contributed by atoms with Crippen LogP contribution in [0.5, 0.6) is 5.75 Å². The van der Waals surface area contributed by atoms with Crippen molar-refractivity contribution in [1.29, 1.82) is 0 Å². The van der Waals surface area contributed by atoms with Crippen molar-refractivity contribution in [2.75, 3.05) is 11.9 Å². The lowest BCUT2D eigenvalue weighted by Gasteiger charge is -2.13. The van der Waals surface area contributed by atoms with Crippen molar-refractivity contribution in [3.8, 4) is 5.75 Å². The van der Waals surface area contributed by atoms with Crippen LogP contribution in [0.3, 0.4) is 0 Å². The van der Waals surface area contributed by atoms with Gasteiger partial charge in [0.05, 0.1) is 4.91 Å². The van der Waals surface area contributed by atoms with E-state index < -0.39 is 17.1 Å². The van der Waals surface area contributed by atoms with Gasteiger partial charge < -0.3 is 10.1 Å². The fourth-order valence-corrected chi connectivity index (χ4v) is 4.85. The second kappa shape index (κ2) is 10.7. The van der Waals surface area contributed by atoms with Crippen LogP contribution < -0.4 is 10.1 Å². The average molecular weight is 509 g/mol. The molecule has 5 rings (SSSR count). The highest BCUT2D eigenvalue weighted by molar-refractivity contribution is 8.18. The summed E-state index contributed by atoms with van der Waals surface area (Å²) in [6.45, 7) is 1.95. The minimum Gasteiger partial charge on any atom is -0.488 e. The van der Waals surface area contributed by atoms with E-state index in [0.717, 1.165) is 38.6 Å². The Kier molecular flexibility index (Phi) is 7.05. The zero-order valence-corrected chi connectivity index (χ0v) is 21.0. The van der Waals surface area contributed by atoms with E-state index in [4.69, 9.17) is 4.74 Å². The molecule has 0 aliphatic carbocycles. The Morgan fingerprint density at radius 2 is 1.65 bits per heavy atom. The number of fused-ring (bicyclic) bond motifs is 1. The molecule has 1 N–H and O–H groups in total. The maximum Gasteiger partial charge on any atom is 0.294 e. The molecule has 0 bridgehead atoms. The molecule has 4 aromatic rings.